The SMILES string of the molecule is CC(C)[C@@H]1CC[C@@H](C)C[C@H]1OC(=O)C1CCC(=O)N1. The highest BCUT2D eigenvalue weighted by Gasteiger charge is 2.36. The van der Waals surface area contributed by atoms with Gasteiger partial charge in [0, 0.05) is 6.42 Å². The Kier molecular flexibility index (Phi) is 4.48. The van der Waals surface area contributed by atoms with Crippen molar-refractivity contribution in [3.8, 4) is 0 Å². The van der Waals surface area contributed by atoms with Crippen molar-refractivity contribution in [1.29, 1.82) is 0 Å². The number of amides is 1. The number of ether oxygens (including phenoxy) is 1. The van der Waals surface area contributed by atoms with Gasteiger partial charge in [-0.25, -0.2) is 4.79 Å². The van der Waals surface area contributed by atoms with Gasteiger partial charge in [0.25, 0.3) is 0 Å². The maximum Gasteiger partial charge on any atom is 0.328 e. The summed E-state index contributed by atoms with van der Waals surface area (Å²) < 4.78 is 5.71. The van der Waals surface area contributed by atoms with E-state index in [9.17, 15) is 9.59 Å². The largest absolute Gasteiger partial charge is 0.461 e. The summed E-state index contributed by atoms with van der Waals surface area (Å²) in [6.07, 6.45) is 4.34. The molecule has 19 heavy (non-hydrogen) atoms. The molecule has 4 nitrogen and oxygen atoms in total. The first kappa shape index (κ1) is 14.4. The molecule has 1 saturated carbocycles. The lowest BCUT2D eigenvalue weighted by Crippen LogP contribution is -2.41. The van der Waals surface area contributed by atoms with E-state index in [1.165, 1.54) is 6.42 Å². The third kappa shape index (κ3) is 3.48. The third-order valence-electron chi connectivity index (χ3n) is 4.51. The first-order valence-corrected chi connectivity index (χ1v) is 7.47. The van der Waals surface area contributed by atoms with Gasteiger partial charge in [-0.2, -0.15) is 0 Å². The number of hydrogen-bond acceptors (Lipinski definition) is 3. The summed E-state index contributed by atoms with van der Waals surface area (Å²) in [5, 5.41) is 2.69. The second-order valence-electron chi connectivity index (χ2n) is 6.46. The van der Waals surface area contributed by atoms with E-state index in [-0.39, 0.29) is 18.0 Å². The molecule has 1 unspecified atom stereocenters. The number of nitrogens with one attached hydrogen (secondary N) is 1. The maximum absolute atomic E-state index is 12.1. The standard InChI is InChI=1S/C15H25NO3/c1-9(2)11-5-4-10(3)8-13(11)19-15(18)12-6-7-14(17)16-12/h9-13H,4-8H2,1-3H3,(H,16,17)/t10-,11+,12?,13-/m1/s1. The molecule has 0 aromatic carbocycles. The smallest absolute Gasteiger partial charge is 0.328 e. The highest BCUT2D eigenvalue weighted by molar-refractivity contribution is 5.88. The molecule has 1 amide bonds. The predicted molar refractivity (Wildman–Crippen MR) is 72.4 cm³/mol. The van der Waals surface area contributed by atoms with Crippen molar-refractivity contribution in [3.63, 3.8) is 0 Å². The van der Waals surface area contributed by atoms with E-state index in [4.69, 9.17) is 4.74 Å². The van der Waals surface area contributed by atoms with Crippen LogP contribution in [0.2, 0.25) is 0 Å². The highest BCUT2D eigenvalue weighted by Crippen LogP contribution is 2.35. The summed E-state index contributed by atoms with van der Waals surface area (Å²) in [5.74, 6) is 1.32. The van der Waals surface area contributed by atoms with Crippen LogP contribution in [0.25, 0.3) is 0 Å². The van der Waals surface area contributed by atoms with Gasteiger partial charge in [0.2, 0.25) is 5.91 Å². The molecular weight excluding hydrogens is 242 g/mol. The van der Waals surface area contributed by atoms with Crippen molar-refractivity contribution >= 4 is 11.9 Å². The monoisotopic (exact) mass is 267 g/mol. The molecule has 0 aromatic heterocycles. The molecule has 2 aliphatic rings. The molecule has 0 spiro atoms. The second-order valence-corrected chi connectivity index (χ2v) is 6.46. The molecule has 4 atom stereocenters. The Morgan fingerprint density at radius 3 is 2.63 bits per heavy atom. The molecule has 0 bridgehead atoms. The van der Waals surface area contributed by atoms with Gasteiger partial charge in [-0.3, -0.25) is 4.79 Å². The van der Waals surface area contributed by atoms with E-state index >= 15 is 0 Å². The van der Waals surface area contributed by atoms with Crippen molar-refractivity contribution in [1.82, 2.24) is 5.32 Å². The van der Waals surface area contributed by atoms with Gasteiger partial charge in [0.1, 0.15) is 12.1 Å². The lowest BCUT2D eigenvalue weighted by Gasteiger charge is -2.37. The summed E-state index contributed by atoms with van der Waals surface area (Å²) >= 11 is 0. The summed E-state index contributed by atoms with van der Waals surface area (Å²) in [4.78, 5) is 23.3. The molecule has 1 N–H and O–H groups in total. The van der Waals surface area contributed by atoms with E-state index in [0.29, 0.717) is 30.6 Å². The van der Waals surface area contributed by atoms with Crippen LogP contribution < -0.4 is 5.32 Å². The van der Waals surface area contributed by atoms with Gasteiger partial charge in [-0.15, -0.1) is 0 Å². The fourth-order valence-corrected chi connectivity index (χ4v) is 3.27. The van der Waals surface area contributed by atoms with Crippen LogP contribution in [0, 0.1) is 17.8 Å². The quantitative estimate of drug-likeness (QED) is 0.798. The number of hydrogen-bond donors (Lipinski definition) is 1. The minimum Gasteiger partial charge on any atom is -0.461 e. The van der Waals surface area contributed by atoms with Gasteiger partial charge < -0.3 is 10.1 Å². The number of carbonyl (C=O) groups is 2. The van der Waals surface area contributed by atoms with Crippen LogP contribution in [0.1, 0.15) is 52.9 Å². The van der Waals surface area contributed by atoms with Crippen LogP contribution in [0.3, 0.4) is 0 Å². The Balaban J connectivity index is 1.94. The molecule has 4 heteroatoms. The van der Waals surface area contributed by atoms with E-state index < -0.39 is 6.04 Å². The molecule has 108 valence electrons. The average molecular weight is 267 g/mol. The minimum absolute atomic E-state index is 0.0220. The van der Waals surface area contributed by atoms with Crippen LogP contribution in [-0.2, 0) is 14.3 Å². The van der Waals surface area contributed by atoms with Crippen molar-refractivity contribution in [2.24, 2.45) is 17.8 Å². The fourth-order valence-electron chi connectivity index (χ4n) is 3.27. The Morgan fingerprint density at radius 1 is 1.32 bits per heavy atom. The van der Waals surface area contributed by atoms with Gasteiger partial charge >= 0.3 is 5.97 Å². The number of esters is 1. The summed E-state index contributed by atoms with van der Waals surface area (Å²) in [6, 6.07) is -0.419. The Labute approximate surface area is 115 Å². The normalized spacial score (nSPS) is 35.3. The average Bonchev–Trinajstić information content (AvgIpc) is 2.75. The van der Waals surface area contributed by atoms with Gasteiger partial charge in [-0.05, 0) is 37.0 Å². The highest BCUT2D eigenvalue weighted by atomic mass is 16.5. The zero-order valence-electron chi connectivity index (χ0n) is 12.1. The van der Waals surface area contributed by atoms with E-state index in [1.54, 1.807) is 0 Å². The van der Waals surface area contributed by atoms with Crippen molar-refractivity contribution < 1.29 is 14.3 Å². The summed E-state index contributed by atoms with van der Waals surface area (Å²) in [6.45, 7) is 6.60. The van der Waals surface area contributed by atoms with Crippen LogP contribution in [0.5, 0.6) is 0 Å². The zero-order chi connectivity index (χ0) is 14.0. The molecule has 2 rings (SSSR count). The fraction of sp³-hybridized carbons (Fsp3) is 0.867. The molecule has 1 heterocycles. The van der Waals surface area contributed by atoms with E-state index in [1.807, 2.05) is 0 Å². The molecule has 1 aliphatic heterocycles. The first-order valence-electron chi connectivity index (χ1n) is 7.47. The lowest BCUT2D eigenvalue weighted by atomic mass is 9.75. The molecule has 1 aliphatic carbocycles. The molecular formula is C15H25NO3. The lowest BCUT2D eigenvalue weighted by molar-refractivity contribution is -0.158. The molecule has 0 radical (unpaired) electrons. The van der Waals surface area contributed by atoms with Crippen molar-refractivity contribution in [2.45, 2.75) is 65.0 Å². The van der Waals surface area contributed by atoms with Gasteiger partial charge in [0.15, 0.2) is 0 Å². The van der Waals surface area contributed by atoms with Gasteiger partial charge in [0.05, 0.1) is 0 Å². The van der Waals surface area contributed by atoms with Crippen LogP contribution in [0.4, 0.5) is 0 Å². The minimum atomic E-state index is -0.419. The Bertz CT molecular complexity index is 353. The van der Waals surface area contributed by atoms with Gasteiger partial charge in [-0.1, -0.05) is 27.2 Å². The molecule has 0 aromatic rings. The summed E-state index contributed by atoms with van der Waals surface area (Å²) in [7, 11) is 0. The second kappa shape index (κ2) is 5.93. The first-order chi connectivity index (χ1) is 8.97. The predicted octanol–water partition coefficient (Wildman–Crippen LogP) is 2.27. The molecule has 2 fully saturated rings. The third-order valence-corrected chi connectivity index (χ3v) is 4.51. The van der Waals surface area contributed by atoms with Crippen molar-refractivity contribution in [2.75, 3.05) is 0 Å². The van der Waals surface area contributed by atoms with Crippen LogP contribution in [0.15, 0.2) is 0 Å². The Hall–Kier alpha value is -1.06. The number of rotatable bonds is 3. The van der Waals surface area contributed by atoms with Crippen molar-refractivity contribution in [3.05, 3.63) is 0 Å². The van der Waals surface area contributed by atoms with Crippen LogP contribution in [-0.4, -0.2) is 24.0 Å². The topological polar surface area (TPSA) is 55.4 Å². The van der Waals surface area contributed by atoms with E-state index in [2.05, 4.69) is 26.1 Å². The Morgan fingerprint density at radius 2 is 2.05 bits per heavy atom. The number of carbonyl (C=O) groups excluding carboxylic acids is 2. The molecule has 1 saturated heterocycles. The van der Waals surface area contributed by atoms with E-state index in [0.717, 1.165) is 12.8 Å². The summed E-state index contributed by atoms with van der Waals surface area (Å²) in [5.41, 5.74) is 0. The maximum atomic E-state index is 12.1. The van der Waals surface area contributed by atoms with Crippen LogP contribution >= 0.6 is 0 Å². The zero-order valence-corrected chi connectivity index (χ0v) is 12.1.